The first-order chi connectivity index (χ1) is 24.7. The molecule has 4 aliphatic rings. The van der Waals surface area contributed by atoms with Crippen LogP contribution in [0.25, 0.3) is 0 Å². The Labute approximate surface area is 304 Å². The highest BCUT2D eigenvalue weighted by molar-refractivity contribution is 7.98. The van der Waals surface area contributed by atoms with Crippen LogP contribution in [-0.4, -0.2) is 157 Å². The number of aryl methyl sites for hydroxylation is 1. The Bertz CT molecular complexity index is 1390. The van der Waals surface area contributed by atoms with E-state index in [0.717, 1.165) is 37.7 Å². The van der Waals surface area contributed by atoms with Crippen molar-refractivity contribution in [2.45, 2.75) is 150 Å². The highest BCUT2D eigenvalue weighted by atomic mass is 32.2. The zero-order valence-corrected chi connectivity index (χ0v) is 30.4. The summed E-state index contributed by atoms with van der Waals surface area (Å²) in [7, 11) is -3.04. The first kappa shape index (κ1) is 41.4. The van der Waals surface area contributed by atoms with E-state index in [1.165, 1.54) is 6.92 Å². The third kappa shape index (κ3) is 9.89. The molecule has 16 nitrogen and oxygen atoms in total. The number of rotatable bonds is 14. The number of carboxylic acids is 1. The van der Waals surface area contributed by atoms with Crippen LogP contribution in [0.5, 0.6) is 0 Å². The molecule has 0 amide bonds. The molecule has 0 bridgehead atoms. The van der Waals surface area contributed by atoms with Crippen molar-refractivity contribution >= 4 is 21.5 Å². The fraction of sp³-hybridized carbons (Fsp3) is 0.771. The van der Waals surface area contributed by atoms with Crippen molar-refractivity contribution in [2.24, 2.45) is 5.92 Å². The number of aliphatic carboxylic acids is 1. The second kappa shape index (κ2) is 18.2. The number of aliphatic hydroxyl groups excluding tert-OH is 6. The molecule has 1 saturated carbocycles. The van der Waals surface area contributed by atoms with Gasteiger partial charge in [0.15, 0.2) is 18.7 Å². The second-order valence-electron chi connectivity index (χ2n) is 14.4. The number of nitrogens with one attached hydrogen (secondary N) is 1. The van der Waals surface area contributed by atoms with Gasteiger partial charge in [-0.15, -0.1) is 0 Å². The van der Waals surface area contributed by atoms with E-state index in [2.05, 4.69) is 10.6 Å². The van der Waals surface area contributed by atoms with Crippen LogP contribution in [0.1, 0.15) is 57.4 Å². The summed E-state index contributed by atoms with van der Waals surface area (Å²) in [6, 6.07) is 6.98. The Morgan fingerprint density at radius 1 is 0.904 bits per heavy atom. The van der Waals surface area contributed by atoms with Crippen molar-refractivity contribution in [3.63, 3.8) is 0 Å². The Hall–Kier alpha value is -1.81. The first-order valence-corrected chi connectivity index (χ1v) is 19.7. The van der Waals surface area contributed by atoms with Crippen LogP contribution >= 0.6 is 0 Å². The third-order valence-electron chi connectivity index (χ3n) is 10.5. The van der Waals surface area contributed by atoms with Crippen molar-refractivity contribution < 1.29 is 73.2 Å². The summed E-state index contributed by atoms with van der Waals surface area (Å²) in [4.78, 5) is 12.7. The van der Waals surface area contributed by atoms with Gasteiger partial charge in [0.2, 0.25) is 0 Å². The van der Waals surface area contributed by atoms with Gasteiger partial charge >= 0.3 is 5.97 Å². The zero-order chi connectivity index (χ0) is 37.7. The molecule has 3 saturated heterocycles. The van der Waals surface area contributed by atoms with Crippen LogP contribution in [0.15, 0.2) is 29.2 Å². The molecule has 0 radical (unpaired) electrons. The van der Waals surface area contributed by atoms with E-state index in [4.69, 9.17) is 28.4 Å². The summed E-state index contributed by atoms with van der Waals surface area (Å²) in [6.07, 6.45) is -14.2. The number of ether oxygens (including phenoxy) is 6. The number of aliphatic hydroxyl groups is 6. The minimum atomic E-state index is -3.04. The Kier molecular flexibility index (Phi) is 14.5. The van der Waals surface area contributed by atoms with Gasteiger partial charge in [0.05, 0.1) is 34.6 Å². The topological polar surface area (TPSA) is 243 Å². The lowest BCUT2D eigenvalue weighted by Gasteiger charge is -2.47. The quantitative estimate of drug-likeness (QED) is 0.108. The van der Waals surface area contributed by atoms with Crippen LogP contribution in [0.4, 0.5) is 0 Å². The molecule has 296 valence electrons. The molecule has 1 aromatic carbocycles. The van der Waals surface area contributed by atoms with Crippen molar-refractivity contribution in [2.75, 3.05) is 19.8 Å². The summed E-state index contributed by atoms with van der Waals surface area (Å²) in [5.41, 5.74) is 0.967. The molecular formula is C35H55NO15S. The molecule has 17 heteroatoms. The molecule has 15 unspecified atom stereocenters. The summed E-state index contributed by atoms with van der Waals surface area (Å²) in [5, 5.41) is 74.2. The van der Waals surface area contributed by atoms with E-state index < -0.39 is 108 Å². The Morgan fingerprint density at radius 3 is 2.23 bits per heavy atom. The van der Waals surface area contributed by atoms with E-state index >= 15 is 0 Å². The maximum Gasteiger partial charge on any atom is 0.332 e. The van der Waals surface area contributed by atoms with Crippen LogP contribution < -0.4 is 4.72 Å². The smallest absolute Gasteiger partial charge is 0.332 e. The van der Waals surface area contributed by atoms with E-state index in [1.54, 1.807) is 24.3 Å². The van der Waals surface area contributed by atoms with Gasteiger partial charge < -0.3 is 64.2 Å². The van der Waals surface area contributed by atoms with E-state index in [0.29, 0.717) is 4.90 Å². The van der Waals surface area contributed by atoms with Crippen LogP contribution in [0.2, 0.25) is 0 Å². The minimum absolute atomic E-state index is 0.0861. The van der Waals surface area contributed by atoms with Crippen LogP contribution in [0.3, 0.4) is 0 Å². The number of carbonyl (C=O) groups is 1. The fourth-order valence-corrected chi connectivity index (χ4v) is 8.47. The largest absolute Gasteiger partial charge is 0.479 e. The van der Waals surface area contributed by atoms with Crippen molar-refractivity contribution in [3.05, 3.63) is 29.8 Å². The number of benzene rings is 1. The van der Waals surface area contributed by atoms with Crippen molar-refractivity contribution in [1.29, 1.82) is 0 Å². The first-order valence-electron chi connectivity index (χ1n) is 18.0. The zero-order valence-electron chi connectivity index (χ0n) is 29.6. The number of carboxylic acid groups (broad SMARTS) is 1. The summed E-state index contributed by atoms with van der Waals surface area (Å²) in [6.45, 7) is 2.66. The molecule has 3 aliphatic heterocycles. The lowest BCUT2D eigenvalue weighted by molar-refractivity contribution is -0.355. The monoisotopic (exact) mass is 761 g/mol. The molecule has 3 heterocycles. The Balaban J connectivity index is 1.36. The van der Waals surface area contributed by atoms with Crippen LogP contribution in [0, 0.1) is 12.8 Å². The Morgan fingerprint density at radius 2 is 1.58 bits per heavy atom. The van der Waals surface area contributed by atoms with Gasteiger partial charge in [0, 0.05) is 18.0 Å². The van der Waals surface area contributed by atoms with Gasteiger partial charge in [-0.3, -0.25) is 0 Å². The van der Waals surface area contributed by atoms with Crippen molar-refractivity contribution in [3.8, 4) is 0 Å². The molecule has 0 aromatic heterocycles. The molecule has 8 N–H and O–H groups in total. The van der Waals surface area contributed by atoms with E-state index in [1.807, 2.05) is 6.92 Å². The molecule has 1 aliphatic carbocycles. The normalized spacial score (nSPS) is 39.4. The predicted molar refractivity (Wildman–Crippen MR) is 184 cm³/mol. The van der Waals surface area contributed by atoms with Crippen LogP contribution in [-0.2, 0) is 42.9 Å². The average molecular weight is 762 g/mol. The van der Waals surface area contributed by atoms with Gasteiger partial charge in [0.25, 0.3) is 0 Å². The summed E-state index contributed by atoms with van der Waals surface area (Å²) in [5.74, 6) is 2.73. The maximum absolute atomic E-state index is 13.6. The lowest BCUT2D eigenvalue weighted by Crippen LogP contribution is -2.64. The van der Waals surface area contributed by atoms with Gasteiger partial charge in [-0.25, -0.2) is 13.7 Å². The average Bonchev–Trinajstić information content (AvgIpc) is 3.12. The number of hydrogen-bond acceptors (Lipinski definition) is 14. The molecule has 52 heavy (non-hydrogen) atoms. The van der Waals surface area contributed by atoms with Crippen molar-refractivity contribution in [1.82, 2.24) is 4.72 Å². The summed E-state index contributed by atoms with van der Waals surface area (Å²) >= 11 is 0. The lowest BCUT2D eigenvalue weighted by atomic mass is 9.85. The molecule has 4 fully saturated rings. The molecule has 15 atom stereocenters. The van der Waals surface area contributed by atoms with E-state index in [-0.39, 0.29) is 31.9 Å². The maximum atomic E-state index is 13.6. The molecule has 1 aromatic rings. The standard InChI is InChI=1S/C35H55NO15S/c1-18-9-11-21(12-10-18)52(3,45)36-16-24-31(51-34-29(41)28(40)26(38)19(2)47-34)22(13-14-46-24)49-35-30(42)32(27(39)25(17-37)50-35)48-23(33(43)44)15-20-7-5-4-6-8-20/h9-12,19-20,22-32,34-35,37-42H,3-8,13-17H2,1-2H3,(H,36,45)(H,43,44). The second-order valence-corrected chi connectivity index (χ2v) is 16.5. The minimum Gasteiger partial charge on any atom is -0.479 e. The van der Waals surface area contributed by atoms with E-state index in [9.17, 15) is 44.7 Å². The highest BCUT2D eigenvalue weighted by Gasteiger charge is 2.51. The third-order valence-corrected chi connectivity index (χ3v) is 12.2. The van der Waals surface area contributed by atoms with Gasteiger partial charge in [-0.2, -0.15) is 0 Å². The number of hydrogen-bond donors (Lipinski definition) is 8. The predicted octanol–water partition coefficient (Wildman–Crippen LogP) is -0.790. The van der Waals surface area contributed by atoms with Gasteiger partial charge in [-0.1, -0.05) is 49.8 Å². The van der Waals surface area contributed by atoms with Gasteiger partial charge in [0.1, 0.15) is 48.8 Å². The summed E-state index contributed by atoms with van der Waals surface area (Å²) < 4.78 is 52.5. The fourth-order valence-electron chi connectivity index (χ4n) is 7.30. The SMILES string of the molecule is C=S(=O)(NCC1OCCC(OC2OC(CO)C(O)C(OC(CC3CCCCC3)C(=O)O)C2O)C1OC1OC(C)C(O)C(O)C1O)c1ccc(C)cc1. The molecule has 0 spiro atoms. The molecule has 5 rings (SSSR count). The van der Waals surface area contributed by atoms with Gasteiger partial charge in [-0.05, 0) is 50.6 Å². The molecular weight excluding hydrogens is 706 g/mol. The highest BCUT2D eigenvalue weighted by Crippen LogP contribution is 2.34.